The Morgan fingerprint density at radius 1 is 0.929 bits per heavy atom. The largest absolute Gasteiger partial charge is 0.488 e. The number of hydrogen-bond acceptors (Lipinski definition) is 15. The van der Waals surface area contributed by atoms with Crippen LogP contribution in [0.5, 0.6) is 0 Å². The van der Waals surface area contributed by atoms with Gasteiger partial charge in [0.15, 0.2) is 23.1 Å². The third-order valence-corrected chi connectivity index (χ3v) is 17.5. The van der Waals surface area contributed by atoms with Crippen molar-refractivity contribution in [3.63, 3.8) is 0 Å². The number of anilines is 2. The zero-order chi connectivity index (χ0) is 50.8. The quantitative estimate of drug-likeness (QED) is 0.0226. The molecular weight excluding hydrogens is 969 g/mol. The summed E-state index contributed by atoms with van der Waals surface area (Å²) in [5.74, 6) is -0.573. The summed E-state index contributed by atoms with van der Waals surface area (Å²) in [5.41, 5.74) is 11.6. The van der Waals surface area contributed by atoms with Gasteiger partial charge in [-0.2, -0.15) is 13.9 Å². The molecule has 5 heterocycles. The molecule has 4 aromatic rings. The Balaban J connectivity index is 0.820. The standard InChI is InChI=1S/C45H59N8O14P3/c1-44(2)29-17-11-13-19-31(29)51(5)34(44)21-8-6-9-22-35-45(3,4)30-18-12-14-20-32(30)52(35)25-15-7-10-23-36(54)47-24-16-26-68(58,59)66-70(62,63)67-69(60,61)64-27-33-38(55)39(56)42(65-33)53-28-48-37-40(53)49-43(46)50-41(37)57/h6,8-9,11-14,17-22,28,33,38-39,42,55-56H,7,10,15-16,23-27H2,1-5H3,(H6-,46,47,49,50,54,57,58,59,60,61,62,63)/p+1/t33-,38?,39-,42-/m1/s1. The number of aliphatic hydroxyl groups is 2. The fourth-order valence-corrected chi connectivity index (χ4v) is 13.3. The molecule has 25 heteroatoms. The Labute approximate surface area is 404 Å². The summed E-state index contributed by atoms with van der Waals surface area (Å²) in [6, 6.07) is 16.8. The van der Waals surface area contributed by atoms with E-state index in [2.05, 4.69) is 144 Å². The van der Waals surface area contributed by atoms with Crippen LogP contribution in [-0.2, 0) is 47.2 Å². The Kier molecular flexibility index (Phi) is 15.9. The van der Waals surface area contributed by atoms with Crippen molar-refractivity contribution in [1.82, 2.24) is 24.8 Å². The summed E-state index contributed by atoms with van der Waals surface area (Å²) < 4.78 is 59.8. The van der Waals surface area contributed by atoms with E-state index in [9.17, 15) is 48.2 Å². The lowest BCUT2D eigenvalue weighted by Crippen LogP contribution is -2.33. The summed E-state index contributed by atoms with van der Waals surface area (Å²) >= 11 is 0. The number of phosphoric ester groups is 1. The van der Waals surface area contributed by atoms with Crippen LogP contribution < -0.4 is 21.5 Å². The zero-order valence-corrected chi connectivity index (χ0v) is 42.0. The monoisotopic (exact) mass is 1030 g/mol. The number of benzene rings is 2. The topological polar surface area (TPSA) is 314 Å². The van der Waals surface area contributed by atoms with Gasteiger partial charge in [-0.1, -0.05) is 74.9 Å². The first-order valence-electron chi connectivity index (χ1n) is 22.6. The van der Waals surface area contributed by atoms with Crippen molar-refractivity contribution < 1.29 is 65.8 Å². The van der Waals surface area contributed by atoms with E-state index in [0.29, 0.717) is 6.42 Å². The molecule has 0 aliphatic carbocycles. The summed E-state index contributed by atoms with van der Waals surface area (Å²) in [5, 5.41) is 23.8. The van der Waals surface area contributed by atoms with Gasteiger partial charge in [-0.25, -0.2) is 18.4 Å². The molecule has 70 heavy (non-hydrogen) atoms. The molecule has 2 aromatic carbocycles. The van der Waals surface area contributed by atoms with Crippen molar-refractivity contribution in [1.29, 1.82) is 0 Å². The zero-order valence-electron chi connectivity index (χ0n) is 39.3. The number of carbonyl (C=O) groups excluding carboxylic acids is 1. The molecule has 7 atom stereocenters. The number of aliphatic hydroxyl groups excluding tert-OH is 2. The van der Waals surface area contributed by atoms with Crippen molar-refractivity contribution in [2.24, 2.45) is 0 Å². The van der Waals surface area contributed by atoms with Gasteiger partial charge in [0.25, 0.3) is 5.56 Å². The van der Waals surface area contributed by atoms with Gasteiger partial charge in [0.1, 0.15) is 25.4 Å². The number of phosphoric acid groups is 2. The van der Waals surface area contributed by atoms with Gasteiger partial charge in [0.2, 0.25) is 17.5 Å². The first kappa shape index (κ1) is 52.9. The number of nitrogen functional groups attached to an aromatic ring is 1. The molecule has 0 spiro atoms. The van der Waals surface area contributed by atoms with Crippen LogP contribution in [0, 0.1) is 0 Å². The van der Waals surface area contributed by atoms with Gasteiger partial charge in [-0.05, 0) is 50.8 Å². The van der Waals surface area contributed by atoms with E-state index in [1.165, 1.54) is 28.2 Å². The van der Waals surface area contributed by atoms with Gasteiger partial charge >= 0.3 is 23.2 Å². The first-order chi connectivity index (χ1) is 32.9. The second-order valence-electron chi connectivity index (χ2n) is 18.3. The van der Waals surface area contributed by atoms with Crippen molar-refractivity contribution in [2.75, 3.05) is 43.5 Å². The molecular formula is C45H60N8O14P3+. The van der Waals surface area contributed by atoms with Gasteiger partial charge in [0, 0.05) is 54.0 Å². The Hall–Kier alpha value is -4.92. The number of ether oxygens (including phenoxy) is 1. The highest BCUT2D eigenvalue weighted by Gasteiger charge is 2.48. The van der Waals surface area contributed by atoms with Crippen molar-refractivity contribution >= 4 is 63.3 Å². The number of nitrogens with two attached hydrogens (primary N) is 1. The minimum atomic E-state index is -5.74. The van der Waals surface area contributed by atoms with Gasteiger partial charge < -0.3 is 45.6 Å². The summed E-state index contributed by atoms with van der Waals surface area (Å²) in [6.07, 6.45) is 6.62. The second kappa shape index (κ2) is 21.0. The Morgan fingerprint density at radius 2 is 1.64 bits per heavy atom. The van der Waals surface area contributed by atoms with E-state index in [0.717, 1.165) is 36.0 Å². The minimum absolute atomic E-state index is 0.0751. The number of aromatic nitrogens is 4. The predicted octanol–water partition coefficient (Wildman–Crippen LogP) is 5.32. The van der Waals surface area contributed by atoms with E-state index in [4.69, 9.17) is 10.5 Å². The van der Waals surface area contributed by atoms with Gasteiger partial charge in [-0.15, -0.1) is 0 Å². The number of carbonyl (C=O) groups is 1. The first-order valence-corrected chi connectivity index (χ1v) is 27.4. The molecule has 3 aliphatic heterocycles. The minimum Gasteiger partial charge on any atom is -0.387 e. The molecule has 7 rings (SSSR count). The maximum Gasteiger partial charge on any atom is 0.488 e. The fraction of sp³-hybridized carbons (Fsp3) is 0.444. The summed E-state index contributed by atoms with van der Waals surface area (Å²) in [4.78, 5) is 67.6. The fourth-order valence-electron chi connectivity index (χ4n) is 9.13. The molecule has 0 saturated carbocycles. The molecule has 1 amide bonds. The summed E-state index contributed by atoms with van der Waals surface area (Å²) in [7, 11) is -14.1. The normalized spacial score (nSPS) is 23.8. The van der Waals surface area contributed by atoms with Crippen LogP contribution in [0.2, 0.25) is 0 Å². The van der Waals surface area contributed by atoms with E-state index < -0.39 is 66.1 Å². The molecule has 4 unspecified atom stereocenters. The number of aromatic amines is 1. The van der Waals surface area contributed by atoms with Gasteiger partial charge in [-0.3, -0.25) is 28.2 Å². The number of rotatable bonds is 21. The highest BCUT2D eigenvalue weighted by molar-refractivity contribution is 7.68. The van der Waals surface area contributed by atoms with E-state index in [1.807, 2.05) is 12.1 Å². The lowest BCUT2D eigenvalue weighted by Gasteiger charge is -2.27. The average Bonchev–Trinajstić information content (AvgIpc) is 3.94. The molecule has 2 aromatic heterocycles. The highest BCUT2D eigenvalue weighted by atomic mass is 31.3. The van der Waals surface area contributed by atoms with E-state index in [1.54, 1.807) is 0 Å². The van der Waals surface area contributed by atoms with Crippen LogP contribution in [0.25, 0.3) is 11.2 Å². The molecule has 0 radical (unpaired) electrons. The number of amides is 1. The lowest BCUT2D eigenvalue weighted by atomic mass is 9.81. The molecule has 22 nitrogen and oxygen atoms in total. The number of imidazole rings is 1. The third kappa shape index (κ3) is 11.7. The molecule has 0 bridgehead atoms. The number of nitrogens with one attached hydrogen (secondary N) is 2. The van der Waals surface area contributed by atoms with Crippen LogP contribution in [0.3, 0.4) is 0 Å². The number of para-hydroxylation sites is 2. The van der Waals surface area contributed by atoms with Crippen molar-refractivity contribution in [2.45, 2.75) is 95.2 Å². The maximum absolute atomic E-state index is 12.6. The van der Waals surface area contributed by atoms with Gasteiger partial charge in [0.05, 0.1) is 24.5 Å². The SMILES string of the molecule is C[N+]1=C(/C=C/C=C/C=C2/N(CCCCCC(=O)NCCCP(=O)(O)OP(=O)(O)OP(=O)(O)OC[C@H]3O[C@@H](n4cnc5c(=O)[nH]c(N)nc54)[C@H](O)C3O)c3ccccc3C2(C)C)C(C)(C)c2ccccc21. The van der Waals surface area contributed by atoms with Crippen molar-refractivity contribution in [3.8, 4) is 0 Å². The Morgan fingerprint density at radius 3 is 2.39 bits per heavy atom. The molecule has 1 saturated heterocycles. The van der Waals surface area contributed by atoms with E-state index in [-0.39, 0.29) is 53.2 Å². The number of allylic oxidation sites excluding steroid dienone is 6. The average molecular weight is 1030 g/mol. The van der Waals surface area contributed by atoms with Crippen LogP contribution >= 0.6 is 23.2 Å². The maximum atomic E-state index is 12.6. The van der Waals surface area contributed by atoms with Crippen LogP contribution in [0.15, 0.2) is 95.7 Å². The number of unbranched alkanes of at least 4 members (excludes halogenated alkanes) is 2. The number of hydrogen-bond donors (Lipinski definition) is 8. The lowest BCUT2D eigenvalue weighted by molar-refractivity contribution is -0.401. The van der Waals surface area contributed by atoms with Crippen molar-refractivity contribution in [3.05, 3.63) is 112 Å². The molecule has 1 fully saturated rings. The molecule has 3 aliphatic rings. The molecule has 378 valence electrons. The van der Waals surface area contributed by atoms with Crippen LogP contribution in [0.1, 0.15) is 77.2 Å². The predicted molar refractivity (Wildman–Crippen MR) is 261 cm³/mol. The number of H-pyrrole nitrogens is 1. The Bertz CT molecular complexity index is 2950. The smallest absolute Gasteiger partial charge is 0.387 e. The molecule has 9 N–H and O–H groups in total. The second-order valence-corrected chi connectivity index (χ2v) is 23.4. The van der Waals surface area contributed by atoms with Crippen LogP contribution in [-0.4, -0.2) is 112 Å². The third-order valence-electron chi connectivity index (χ3n) is 12.6. The number of fused-ring (bicyclic) bond motifs is 3. The summed E-state index contributed by atoms with van der Waals surface area (Å²) in [6.45, 7) is 8.57. The van der Waals surface area contributed by atoms with Crippen LogP contribution in [0.4, 0.5) is 17.3 Å². The van der Waals surface area contributed by atoms with E-state index >= 15 is 0 Å². The number of nitrogens with zero attached hydrogens (tertiary/aromatic N) is 5. The highest BCUT2D eigenvalue weighted by Crippen LogP contribution is 2.67.